The molecule has 32 heavy (non-hydrogen) atoms. The lowest BCUT2D eigenvalue weighted by molar-refractivity contribution is 0.0695. The Morgan fingerprint density at radius 3 is 2.62 bits per heavy atom. The van der Waals surface area contributed by atoms with Gasteiger partial charge in [0.25, 0.3) is 0 Å². The molecule has 9 nitrogen and oxygen atoms in total. The van der Waals surface area contributed by atoms with E-state index in [-0.39, 0.29) is 31.2 Å². The highest BCUT2D eigenvalue weighted by Gasteiger charge is 2.43. The van der Waals surface area contributed by atoms with Gasteiger partial charge >= 0.3 is 5.97 Å². The van der Waals surface area contributed by atoms with Crippen molar-refractivity contribution < 1.29 is 23.5 Å². The van der Waals surface area contributed by atoms with Crippen LogP contribution in [0, 0.1) is 17.0 Å². The number of pyridine rings is 1. The summed E-state index contributed by atoms with van der Waals surface area (Å²) >= 11 is 0. The van der Waals surface area contributed by atoms with E-state index in [1.165, 1.54) is 9.47 Å². The molecule has 0 spiro atoms. The number of nitrogen functional groups attached to an aromatic ring is 1. The van der Waals surface area contributed by atoms with Gasteiger partial charge in [0.05, 0.1) is 28.8 Å². The lowest BCUT2D eigenvalue weighted by Gasteiger charge is -2.25. The van der Waals surface area contributed by atoms with E-state index >= 15 is 8.78 Å². The summed E-state index contributed by atoms with van der Waals surface area (Å²) in [6.07, 6.45) is 2.48. The van der Waals surface area contributed by atoms with Crippen LogP contribution in [0.1, 0.15) is 43.1 Å². The fourth-order valence-corrected chi connectivity index (χ4v) is 4.19. The molecule has 1 unspecified atom stereocenters. The zero-order valence-electron chi connectivity index (χ0n) is 17.8. The average molecular weight is 449 g/mol. The van der Waals surface area contributed by atoms with Gasteiger partial charge in [-0.1, -0.05) is 12.1 Å². The fraction of sp³-hybridized carbons (Fsp3) is 0.476. The van der Waals surface area contributed by atoms with E-state index < -0.39 is 50.8 Å². The van der Waals surface area contributed by atoms with Crippen LogP contribution in [0.15, 0.2) is 16.1 Å². The molecule has 0 bridgehead atoms. The molecule has 2 aromatic rings. The molecule has 1 aromatic heterocycles. The molecule has 0 radical (unpaired) electrons. The number of fused-ring (bicyclic) bond motifs is 1. The Kier molecular flexibility index (Phi) is 5.32. The van der Waals surface area contributed by atoms with Gasteiger partial charge in [-0.3, -0.25) is 4.79 Å². The second-order valence-electron chi connectivity index (χ2n) is 8.51. The molecule has 1 aromatic carbocycles. The lowest BCUT2D eigenvalue weighted by atomic mass is 9.88. The molecular weight excluding hydrogens is 424 g/mol. The summed E-state index contributed by atoms with van der Waals surface area (Å²) in [6, 6.07) is -0.189. The maximum absolute atomic E-state index is 15.9. The number of benzene rings is 1. The monoisotopic (exact) mass is 449 g/mol. The Bertz CT molecular complexity index is 1210. The molecule has 2 aliphatic rings. The number of hydrogen-bond donors (Lipinski definition) is 3. The van der Waals surface area contributed by atoms with Gasteiger partial charge in [-0.2, -0.15) is 0 Å². The van der Waals surface area contributed by atoms with Crippen molar-refractivity contribution in [2.24, 2.45) is 16.3 Å². The molecule has 1 saturated carbocycles. The van der Waals surface area contributed by atoms with Crippen LogP contribution in [-0.2, 0) is 4.84 Å². The second kappa shape index (κ2) is 7.73. The number of carboxylic acids is 1. The Balaban J connectivity index is 1.97. The van der Waals surface area contributed by atoms with Gasteiger partial charge in [-0.15, -0.1) is 0 Å². The van der Waals surface area contributed by atoms with Gasteiger partial charge in [0.15, 0.2) is 11.6 Å². The molecule has 172 valence electrons. The average Bonchev–Trinajstić information content (AvgIpc) is 3.54. The van der Waals surface area contributed by atoms with E-state index in [0.717, 1.165) is 6.20 Å². The van der Waals surface area contributed by atoms with Gasteiger partial charge in [0.1, 0.15) is 17.9 Å². The van der Waals surface area contributed by atoms with E-state index in [0.29, 0.717) is 25.2 Å². The van der Waals surface area contributed by atoms with Crippen molar-refractivity contribution in [2.75, 3.05) is 36.9 Å². The number of carbonyl (C=O) groups is 1. The van der Waals surface area contributed by atoms with Gasteiger partial charge in [0, 0.05) is 30.7 Å². The van der Waals surface area contributed by atoms with Crippen LogP contribution in [0.3, 0.4) is 0 Å². The van der Waals surface area contributed by atoms with Crippen LogP contribution in [0.5, 0.6) is 0 Å². The predicted molar refractivity (Wildman–Crippen MR) is 116 cm³/mol. The maximum atomic E-state index is 15.9. The molecule has 4 rings (SSSR count). The highest BCUT2D eigenvalue weighted by molar-refractivity contribution is 6.02. The highest BCUT2D eigenvalue weighted by atomic mass is 19.1. The third-order valence-corrected chi connectivity index (χ3v) is 6.18. The third-order valence-electron chi connectivity index (χ3n) is 6.18. The third kappa shape index (κ3) is 3.27. The summed E-state index contributed by atoms with van der Waals surface area (Å²) in [5, 5.41) is 13.0. The topological polar surface area (TPSA) is 136 Å². The van der Waals surface area contributed by atoms with Gasteiger partial charge in [-0.25, -0.2) is 13.6 Å². The van der Waals surface area contributed by atoms with Crippen LogP contribution in [0.25, 0.3) is 10.9 Å². The summed E-state index contributed by atoms with van der Waals surface area (Å²) in [7, 11) is 0. The standard InChI is InChI=1S/C21H25F2N5O4/c1-3-32-26-12-7-27(9-21(12,2)8-24)18-14(22)16(25)13-17(15(18)23)28(10-4-5-10)6-11(19(13)29)20(30)31/h6,10H,3-5,7-9,24-25H2,1-2H3,(H,30,31)/b26-12+. The number of oxime groups is 1. The van der Waals surface area contributed by atoms with E-state index in [4.69, 9.17) is 16.3 Å². The Labute approximate surface area is 182 Å². The SMILES string of the molecule is CCO/N=C1\CN(c2c(F)c(N)c3c(=O)c(C(=O)O)cn(C4CC4)c3c2F)CC1(C)CN. The molecule has 1 atom stereocenters. The molecule has 1 aliphatic carbocycles. The van der Waals surface area contributed by atoms with Crippen molar-refractivity contribution >= 4 is 34.0 Å². The molecule has 0 amide bonds. The van der Waals surface area contributed by atoms with Crippen molar-refractivity contribution in [1.82, 2.24) is 4.57 Å². The molecular formula is C21H25F2N5O4. The number of halogens is 2. The Hall–Kier alpha value is -3.21. The molecule has 11 heteroatoms. The molecule has 1 saturated heterocycles. The summed E-state index contributed by atoms with van der Waals surface area (Å²) in [4.78, 5) is 30.9. The first-order chi connectivity index (χ1) is 15.1. The summed E-state index contributed by atoms with van der Waals surface area (Å²) in [6.45, 7) is 4.32. The highest BCUT2D eigenvalue weighted by Crippen LogP contribution is 2.43. The van der Waals surface area contributed by atoms with Crippen molar-refractivity contribution in [3.05, 3.63) is 33.6 Å². The number of rotatable bonds is 6. The predicted octanol–water partition coefficient (Wildman–Crippen LogP) is 2.07. The normalized spacial score (nSPS) is 22.2. The number of anilines is 2. The van der Waals surface area contributed by atoms with Crippen LogP contribution in [-0.4, -0.2) is 47.6 Å². The molecule has 1 aliphatic heterocycles. The number of aromatic nitrogens is 1. The minimum Gasteiger partial charge on any atom is -0.477 e. The number of nitrogens with zero attached hydrogens (tertiary/aromatic N) is 3. The van der Waals surface area contributed by atoms with E-state index in [9.17, 15) is 14.7 Å². The Morgan fingerprint density at radius 1 is 1.38 bits per heavy atom. The largest absolute Gasteiger partial charge is 0.477 e. The number of aromatic carboxylic acids is 1. The van der Waals surface area contributed by atoms with Crippen LogP contribution < -0.4 is 21.8 Å². The minimum absolute atomic E-state index is 0.0629. The van der Waals surface area contributed by atoms with Crippen molar-refractivity contribution in [2.45, 2.75) is 32.7 Å². The first kappa shape index (κ1) is 22.0. The molecule has 5 N–H and O–H groups in total. The first-order valence-electron chi connectivity index (χ1n) is 10.4. The summed E-state index contributed by atoms with van der Waals surface area (Å²) < 4.78 is 32.7. The second-order valence-corrected chi connectivity index (χ2v) is 8.51. The zero-order chi connectivity index (χ0) is 23.4. The quantitative estimate of drug-likeness (QED) is 0.454. The first-order valence-corrected chi connectivity index (χ1v) is 10.4. The lowest BCUT2D eigenvalue weighted by Crippen LogP contribution is -2.36. The van der Waals surface area contributed by atoms with Crippen molar-refractivity contribution in [1.29, 1.82) is 0 Å². The fourth-order valence-electron chi connectivity index (χ4n) is 4.19. The van der Waals surface area contributed by atoms with Gasteiger partial charge < -0.3 is 30.9 Å². The van der Waals surface area contributed by atoms with E-state index in [2.05, 4.69) is 5.16 Å². The summed E-state index contributed by atoms with van der Waals surface area (Å²) in [5.41, 5.74) is 9.00. The van der Waals surface area contributed by atoms with Gasteiger partial charge in [-0.05, 0) is 19.8 Å². The van der Waals surface area contributed by atoms with E-state index in [1.807, 2.05) is 6.92 Å². The van der Waals surface area contributed by atoms with Crippen molar-refractivity contribution in [3.8, 4) is 0 Å². The van der Waals surface area contributed by atoms with Crippen LogP contribution in [0.2, 0.25) is 0 Å². The van der Waals surface area contributed by atoms with E-state index in [1.54, 1.807) is 6.92 Å². The maximum Gasteiger partial charge on any atom is 0.341 e. The van der Waals surface area contributed by atoms with Crippen LogP contribution in [0.4, 0.5) is 20.2 Å². The number of hydrogen-bond acceptors (Lipinski definition) is 7. The minimum atomic E-state index is -1.48. The van der Waals surface area contributed by atoms with Crippen LogP contribution >= 0.6 is 0 Å². The Morgan fingerprint density at radius 2 is 2.06 bits per heavy atom. The summed E-state index contributed by atoms with van der Waals surface area (Å²) in [5.74, 6) is -3.57. The number of nitrogens with two attached hydrogens (primary N) is 2. The van der Waals surface area contributed by atoms with Crippen molar-refractivity contribution in [3.63, 3.8) is 0 Å². The molecule has 2 heterocycles. The van der Waals surface area contributed by atoms with Gasteiger partial charge in [0.2, 0.25) is 5.43 Å². The number of carboxylic acid groups (broad SMARTS) is 1. The zero-order valence-corrected chi connectivity index (χ0v) is 17.8. The molecule has 2 fully saturated rings. The smallest absolute Gasteiger partial charge is 0.341 e.